The highest BCUT2D eigenvalue weighted by Gasteiger charge is 2.12. The first-order valence-corrected chi connectivity index (χ1v) is 6.00. The molecule has 0 radical (unpaired) electrons. The minimum atomic E-state index is -0.613. The van der Waals surface area contributed by atoms with Crippen molar-refractivity contribution < 1.29 is 19.4 Å². The van der Waals surface area contributed by atoms with Gasteiger partial charge in [0.1, 0.15) is 5.75 Å². The Bertz CT molecular complexity index is 444. The molecule has 0 bridgehead atoms. The molecule has 1 atom stereocenters. The number of nitrogens with one attached hydrogen (secondary N) is 1. The minimum absolute atomic E-state index is 0.125. The van der Waals surface area contributed by atoms with Crippen LogP contribution in [-0.4, -0.2) is 36.2 Å². The van der Waals surface area contributed by atoms with E-state index in [1.54, 1.807) is 18.2 Å². The predicted octanol–water partition coefficient (Wildman–Crippen LogP) is 0.0514. The Labute approximate surface area is 111 Å². The monoisotopic (exact) mass is 266 g/mol. The van der Waals surface area contributed by atoms with Crippen LogP contribution < -0.4 is 15.8 Å². The molecule has 0 aliphatic carbocycles. The average Bonchev–Trinajstić information content (AvgIpc) is 2.42. The van der Waals surface area contributed by atoms with Crippen LogP contribution >= 0.6 is 0 Å². The number of rotatable bonds is 7. The lowest BCUT2D eigenvalue weighted by Crippen LogP contribution is -2.39. The molecule has 0 aliphatic rings. The van der Waals surface area contributed by atoms with Crippen molar-refractivity contribution in [2.24, 2.45) is 5.73 Å². The molecule has 2 amide bonds. The summed E-state index contributed by atoms with van der Waals surface area (Å²) in [5, 5.41) is 11.6. The Hall–Kier alpha value is -2.08. The number of amides is 2. The smallest absolute Gasteiger partial charge is 0.258 e. The second-order valence-electron chi connectivity index (χ2n) is 4.00. The van der Waals surface area contributed by atoms with Crippen LogP contribution in [0.5, 0.6) is 5.75 Å². The van der Waals surface area contributed by atoms with E-state index in [2.05, 4.69) is 5.32 Å². The van der Waals surface area contributed by atoms with E-state index < -0.39 is 5.91 Å². The third kappa shape index (κ3) is 4.59. The number of aliphatic hydroxyl groups excluding tert-OH is 1. The normalized spacial score (nSPS) is 11.7. The van der Waals surface area contributed by atoms with Crippen molar-refractivity contribution >= 4 is 11.8 Å². The van der Waals surface area contributed by atoms with Gasteiger partial charge in [-0.3, -0.25) is 9.59 Å². The fourth-order valence-electron chi connectivity index (χ4n) is 1.49. The molecule has 0 aliphatic heterocycles. The maximum Gasteiger partial charge on any atom is 0.258 e. The molecular weight excluding hydrogens is 248 g/mol. The third-order valence-electron chi connectivity index (χ3n) is 2.59. The summed E-state index contributed by atoms with van der Waals surface area (Å²) in [5.41, 5.74) is 5.42. The molecule has 1 aromatic rings. The van der Waals surface area contributed by atoms with Gasteiger partial charge < -0.3 is 20.9 Å². The first kappa shape index (κ1) is 15.0. The van der Waals surface area contributed by atoms with Crippen LogP contribution in [0.2, 0.25) is 0 Å². The third-order valence-corrected chi connectivity index (χ3v) is 2.59. The van der Waals surface area contributed by atoms with Crippen molar-refractivity contribution in [2.45, 2.75) is 19.4 Å². The number of hydrogen-bond acceptors (Lipinski definition) is 4. The largest absolute Gasteiger partial charge is 0.483 e. The van der Waals surface area contributed by atoms with E-state index in [9.17, 15) is 9.59 Å². The van der Waals surface area contributed by atoms with Gasteiger partial charge in [-0.1, -0.05) is 19.1 Å². The van der Waals surface area contributed by atoms with Crippen LogP contribution in [0.3, 0.4) is 0 Å². The lowest BCUT2D eigenvalue weighted by Gasteiger charge is -2.14. The minimum Gasteiger partial charge on any atom is -0.483 e. The van der Waals surface area contributed by atoms with Gasteiger partial charge in [0.2, 0.25) is 0 Å². The number of ether oxygens (including phenoxy) is 1. The summed E-state index contributed by atoms with van der Waals surface area (Å²) in [6.45, 7) is 1.49. The summed E-state index contributed by atoms with van der Waals surface area (Å²) in [6.07, 6.45) is 0.625. The Kier molecular flexibility index (Phi) is 5.81. The molecule has 0 aromatic heterocycles. The van der Waals surface area contributed by atoms with Crippen LogP contribution in [0.1, 0.15) is 23.7 Å². The van der Waals surface area contributed by atoms with Crippen molar-refractivity contribution in [3.63, 3.8) is 0 Å². The predicted molar refractivity (Wildman–Crippen MR) is 69.8 cm³/mol. The van der Waals surface area contributed by atoms with E-state index in [1.165, 1.54) is 6.07 Å². The van der Waals surface area contributed by atoms with Crippen LogP contribution in [0.4, 0.5) is 0 Å². The Morgan fingerprint density at radius 2 is 2.11 bits per heavy atom. The van der Waals surface area contributed by atoms with Gasteiger partial charge in [-0.25, -0.2) is 0 Å². The second-order valence-corrected chi connectivity index (χ2v) is 4.00. The maximum absolute atomic E-state index is 11.6. The highest BCUT2D eigenvalue weighted by Crippen LogP contribution is 2.16. The number of hydrogen-bond donors (Lipinski definition) is 3. The summed E-state index contributed by atoms with van der Waals surface area (Å²) >= 11 is 0. The van der Waals surface area contributed by atoms with E-state index in [1.807, 2.05) is 6.92 Å². The van der Waals surface area contributed by atoms with Gasteiger partial charge in [0.25, 0.3) is 11.8 Å². The molecule has 0 spiro atoms. The second kappa shape index (κ2) is 7.38. The van der Waals surface area contributed by atoms with Crippen LogP contribution in [0, 0.1) is 0 Å². The highest BCUT2D eigenvalue weighted by molar-refractivity contribution is 5.95. The molecule has 0 fully saturated rings. The van der Waals surface area contributed by atoms with E-state index >= 15 is 0 Å². The molecule has 0 saturated heterocycles. The number of aliphatic hydroxyl groups is 1. The Balaban J connectivity index is 2.57. The van der Waals surface area contributed by atoms with Crippen molar-refractivity contribution in [3.05, 3.63) is 29.8 Å². The van der Waals surface area contributed by atoms with Crippen molar-refractivity contribution in [2.75, 3.05) is 13.2 Å². The van der Waals surface area contributed by atoms with Gasteiger partial charge in [0, 0.05) is 0 Å². The molecule has 6 nitrogen and oxygen atoms in total. The lowest BCUT2D eigenvalue weighted by molar-refractivity contribution is -0.124. The summed E-state index contributed by atoms with van der Waals surface area (Å²) in [5.74, 6) is -0.708. The van der Waals surface area contributed by atoms with Crippen LogP contribution in [0.25, 0.3) is 0 Å². The maximum atomic E-state index is 11.6. The number of primary amides is 1. The zero-order valence-corrected chi connectivity index (χ0v) is 10.8. The average molecular weight is 266 g/mol. The Morgan fingerprint density at radius 1 is 1.42 bits per heavy atom. The quantitative estimate of drug-likeness (QED) is 0.649. The molecule has 0 unspecified atom stereocenters. The number of carbonyl (C=O) groups excluding carboxylic acids is 2. The lowest BCUT2D eigenvalue weighted by atomic mass is 10.2. The van der Waals surface area contributed by atoms with Gasteiger partial charge in [0.05, 0.1) is 18.2 Å². The molecule has 104 valence electrons. The number of nitrogens with two attached hydrogens (primary N) is 1. The molecule has 0 heterocycles. The molecule has 6 heteroatoms. The summed E-state index contributed by atoms with van der Waals surface area (Å²) in [4.78, 5) is 22.7. The molecule has 1 rings (SSSR count). The van der Waals surface area contributed by atoms with Crippen LogP contribution in [-0.2, 0) is 4.79 Å². The van der Waals surface area contributed by atoms with Gasteiger partial charge in [0.15, 0.2) is 6.61 Å². The number of benzene rings is 1. The van der Waals surface area contributed by atoms with E-state index in [4.69, 9.17) is 15.6 Å². The van der Waals surface area contributed by atoms with E-state index in [0.29, 0.717) is 6.42 Å². The van der Waals surface area contributed by atoms with Crippen molar-refractivity contribution in [3.8, 4) is 5.75 Å². The molecule has 0 saturated carbocycles. The van der Waals surface area contributed by atoms with E-state index in [-0.39, 0.29) is 36.5 Å². The van der Waals surface area contributed by atoms with Gasteiger partial charge in [-0.05, 0) is 18.6 Å². The molecule has 19 heavy (non-hydrogen) atoms. The fourth-order valence-corrected chi connectivity index (χ4v) is 1.49. The van der Waals surface area contributed by atoms with Gasteiger partial charge in [-0.15, -0.1) is 0 Å². The standard InChI is InChI=1S/C13H18N2O4/c1-2-9(7-16)15-12(17)8-19-11-6-4-3-5-10(11)13(14)18/h3-6,9,16H,2,7-8H2,1H3,(H2,14,18)(H,15,17)/t9-/m0/s1. The topological polar surface area (TPSA) is 102 Å². The van der Waals surface area contributed by atoms with Gasteiger partial charge >= 0.3 is 0 Å². The number of para-hydroxylation sites is 1. The summed E-state index contributed by atoms with van der Waals surface area (Å²) in [6, 6.07) is 6.14. The fraction of sp³-hybridized carbons (Fsp3) is 0.385. The van der Waals surface area contributed by atoms with Crippen LogP contribution in [0.15, 0.2) is 24.3 Å². The highest BCUT2D eigenvalue weighted by atomic mass is 16.5. The molecule has 4 N–H and O–H groups in total. The zero-order valence-electron chi connectivity index (χ0n) is 10.8. The van der Waals surface area contributed by atoms with Crippen molar-refractivity contribution in [1.82, 2.24) is 5.32 Å². The SMILES string of the molecule is CC[C@@H](CO)NC(=O)COc1ccccc1C(N)=O. The number of carbonyl (C=O) groups is 2. The van der Waals surface area contributed by atoms with Gasteiger partial charge in [-0.2, -0.15) is 0 Å². The van der Waals surface area contributed by atoms with Crippen molar-refractivity contribution in [1.29, 1.82) is 0 Å². The zero-order chi connectivity index (χ0) is 14.3. The first-order valence-electron chi connectivity index (χ1n) is 6.00. The first-order chi connectivity index (χ1) is 9.08. The van der Waals surface area contributed by atoms with E-state index in [0.717, 1.165) is 0 Å². The summed E-state index contributed by atoms with van der Waals surface area (Å²) < 4.78 is 5.26. The Morgan fingerprint density at radius 3 is 2.68 bits per heavy atom. The molecular formula is C13H18N2O4. The summed E-state index contributed by atoms with van der Waals surface area (Å²) in [7, 11) is 0. The molecule has 1 aromatic carbocycles.